The molecule has 0 aromatic carbocycles. The van der Waals surface area contributed by atoms with Gasteiger partial charge in [-0.15, -0.1) is 0 Å². The number of pyridine rings is 1. The minimum atomic E-state index is 0.650. The van der Waals surface area contributed by atoms with Gasteiger partial charge in [0.05, 0.1) is 0 Å². The second-order valence-corrected chi connectivity index (χ2v) is 3.07. The SMILES string of the molecule is CCCc1cc(C)cnc1Cl. The Morgan fingerprint density at radius 1 is 1.55 bits per heavy atom. The first-order valence-electron chi connectivity index (χ1n) is 3.85. The summed E-state index contributed by atoms with van der Waals surface area (Å²) in [7, 11) is 0. The van der Waals surface area contributed by atoms with Crippen molar-refractivity contribution in [2.24, 2.45) is 0 Å². The normalized spacial score (nSPS) is 10.1. The molecule has 0 saturated heterocycles. The zero-order chi connectivity index (χ0) is 8.27. The molecule has 0 aliphatic rings. The molecule has 1 nitrogen and oxygen atoms in total. The Morgan fingerprint density at radius 2 is 2.27 bits per heavy atom. The standard InChI is InChI=1S/C9H12ClN/c1-3-4-8-5-7(2)6-11-9(8)10/h5-6H,3-4H2,1-2H3. The van der Waals surface area contributed by atoms with E-state index in [1.165, 1.54) is 5.56 Å². The summed E-state index contributed by atoms with van der Waals surface area (Å²) >= 11 is 5.86. The Balaban J connectivity index is 2.93. The van der Waals surface area contributed by atoms with Crippen LogP contribution < -0.4 is 0 Å². The number of aromatic nitrogens is 1. The molecule has 1 heterocycles. The molecule has 2 heteroatoms. The Hall–Kier alpha value is -0.560. The molecule has 0 aliphatic carbocycles. The molecule has 1 rings (SSSR count). The third-order valence-electron chi connectivity index (χ3n) is 1.57. The van der Waals surface area contributed by atoms with Crippen molar-refractivity contribution in [3.05, 3.63) is 28.5 Å². The van der Waals surface area contributed by atoms with Crippen LogP contribution in [0.5, 0.6) is 0 Å². The summed E-state index contributed by atoms with van der Waals surface area (Å²) in [6, 6.07) is 2.10. The number of halogens is 1. The van der Waals surface area contributed by atoms with E-state index >= 15 is 0 Å². The summed E-state index contributed by atoms with van der Waals surface area (Å²) in [6.07, 6.45) is 3.93. The van der Waals surface area contributed by atoms with Crippen molar-refractivity contribution in [3.63, 3.8) is 0 Å². The van der Waals surface area contributed by atoms with E-state index in [0.29, 0.717) is 5.15 Å². The maximum atomic E-state index is 5.86. The van der Waals surface area contributed by atoms with Crippen molar-refractivity contribution >= 4 is 11.6 Å². The zero-order valence-electron chi connectivity index (χ0n) is 6.89. The molecule has 11 heavy (non-hydrogen) atoms. The molecule has 0 N–H and O–H groups in total. The number of nitrogens with zero attached hydrogens (tertiary/aromatic N) is 1. The molecule has 0 atom stereocenters. The van der Waals surface area contributed by atoms with Gasteiger partial charge in [0.15, 0.2) is 0 Å². The lowest BCUT2D eigenvalue weighted by atomic mass is 10.1. The molecule has 0 spiro atoms. The average Bonchev–Trinajstić information content (AvgIpc) is 1.98. The van der Waals surface area contributed by atoms with Crippen LogP contribution in [-0.4, -0.2) is 4.98 Å². The quantitative estimate of drug-likeness (QED) is 0.621. The smallest absolute Gasteiger partial charge is 0.132 e. The zero-order valence-corrected chi connectivity index (χ0v) is 7.65. The molecule has 0 amide bonds. The van der Waals surface area contributed by atoms with Gasteiger partial charge in [0.1, 0.15) is 5.15 Å². The molecular weight excluding hydrogens is 158 g/mol. The van der Waals surface area contributed by atoms with Gasteiger partial charge in [-0.1, -0.05) is 31.0 Å². The first kappa shape index (κ1) is 8.54. The maximum Gasteiger partial charge on any atom is 0.132 e. The van der Waals surface area contributed by atoms with Crippen molar-refractivity contribution in [2.75, 3.05) is 0 Å². The number of hydrogen-bond donors (Lipinski definition) is 0. The Labute approximate surface area is 72.4 Å². The molecule has 1 aromatic rings. The van der Waals surface area contributed by atoms with Gasteiger partial charge in [0.2, 0.25) is 0 Å². The minimum absolute atomic E-state index is 0.650. The number of aryl methyl sites for hydroxylation is 2. The summed E-state index contributed by atoms with van der Waals surface area (Å²) in [5.41, 5.74) is 2.34. The fourth-order valence-electron chi connectivity index (χ4n) is 1.06. The van der Waals surface area contributed by atoms with Gasteiger partial charge < -0.3 is 0 Å². The third kappa shape index (κ3) is 2.19. The summed E-state index contributed by atoms with van der Waals surface area (Å²) < 4.78 is 0. The highest BCUT2D eigenvalue weighted by atomic mass is 35.5. The van der Waals surface area contributed by atoms with Gasteiger partial charge in [0.25, 0.3) is 0 Å². The van der Waals surface area contributed by atoms with Gasteiger partial charge in [-0.2, -0.15) is 0 Å². The van der Waals surface area contributed by atoms with Crippen LogP contribution in [0.3, 0.4) is 0 Å². The fraction of sp³-hybridized carbons (Fsp3) is 0.444. The highest BCUT2D eigenvalue weighted by Crippen LogP contribution is 2.15. The highest BCUT2D eigenvalue weighted by molar-refractivity contribution is 6.30. The molecule has 0 unspecified atom stereocenters. The number of rotatable bonds is 2. The van der Waals surface area contributed by atoms with E-state index in [0.717, 1.165) is 18.4 Å². The molecule has 1 aromatic heterocycles. The summed E-state index contributed by atoms with van der Waals surface area (Å²) in [4.78, 5) is 4.06. The van der Waals surface area contributed by atoms with E-state index in [9.17, 15) is 0 Å². The van der Waals surface area contributed by atoms with Crippen LogP contribution in [0.15, 0.2) is 12.3 Å². The first-order chi connectivity index (χ1) is 5.24. The predicted molar refractivity (Wildman–Crippen MR) is 48.0 cm³/mol. The van der Waals surface area contributed by atoms with Gasteiger partial charge in [-0.05, 0) is 24.5 Å². The van der Waals surface area contributed by atoms with Crippen LogP contribution >= 0.6 is 11.6 Å². The van der Waals surface area contributed by atoms with Crippen molar-refractivity contribution in [1.29, 1.82) is 0 Å². The molecule has 0 radical (unpaired) electrons. The topological polar surface area (TPSA) is 12.9 Å². The van der Waals surface area contributed by atoms with Crippen molar-refractivity contribution < 1.29 is 0 Å². The second-order valence-electron chi connectivity index (χ2n) is 2.71. The lowest BCUT2D eigenvalue weighted by Gasteiger charge is -2.01. The van der Waals surface area contributed by atoms with E-state index in [2.05, 4.69) is 18.0 Å². The van der Waals surface area contributed by atoms with E-state index < -0.39 is 0 Å². The highest BCUT2D eigenvalue weighted by Gasteiger charge is 1.99. The van der Waals surface area contributed by atoms with Gasteiger partial charge >= 0.3 is 0 Å². The van der Waals surface area contributed by atoms with Crippen molar-refractivity contribution in [3.8, 4) is 0 Å². The Bertz CT molecular complexity index is 245. The van der Waals surface area contributed by atoms with Crippen LogP contribution in [0.2, 0.25) is 5.15 Å². The maximum absolute atomic E-state index is 5.86. The largest absolute Gasteiger partial charge is 0.244 e. The van der Waals surface area contributed by atoms with Gasteiger partial charge in [-0.25, -0.2) is 4.98 Å². The van der Waals surface area contributed by atoms with Gasteiger partial charge in [0, 0.05) is 6.20 Å². The average molecular weight is 170 g/mol. The van der Waals surface area contributed by atoms with Crippen molar-refractivity contribution in [2.45, 2.75) is 26.7 Å². The monoisotopic (exact) mass is 169 g/mol. The Morgan fingerprint density at radius 3 is 2.91 bits per heavy atom. The second kappa shape index (κ2) is 3.72. The summed E-state index contributed by atoms with van der Waals surface area (Å²) in [5.74, 6) is 0. The number of hydrogen-bond acceptors (Lipinski definition) is 1. The minimum Gasteiger partial charge on any atom is -0.244 e. The van der Waals surface area contributed by atoms with E-state index in [-0.39, 0.29) is 0 Å². The van der Waals surface area contributed by atoms with Crippen LogP contribution in [-0.2, 0) is 6.42 Å². The lowest BCUT2D eigenvalue weighted by molar-refractivity contribution is 0.911. The Kier molecular flexibility index (Phi) is 2.89. The molecule has 60 valence electrons. The van der Waals surface area contributed by atoms with Crippen LogP contribution in [0.1, 0.15) is 24.5 Å². The summed E-state index contributed by atoms with van der Waals surface area (Å²) in [6.45, 7) is 4.17. The first-order valence-corrected chi connectivity index (χ1v) is 4.23. The van der Waals surface area contributed by atoms with E-state index in [1.807, 2.05) is 6.92 Å². The molecule has 0 fully saturated rings. The van der Waals surface area contributed by atoms with E-state index in [4.69, 9.17) is 11.6 Å². The summed E-state index contributed by atoms with van der Waals surface area (Å²) in [5, 5.41) is 0.650. The van der Waals surface area contributed by atoms with Gasteiger partial charge in [-0.3, -0.25) is 0 Å². The molecule has 0 saturated carbocycles. The lowest BCUT2D eigenvalue weighted by Crippen LogP contribution is -1.89. The van der Waals surface area contributed by atoms with Crippen LogP contribution in [0.4, 0.5) is 0 Å². The van der Waals surface area contributed by atoms with Crippen LogP contribution in [0, 0.1) is 6.92 Å². The predicted octanol–water partition coefficient (Wildman–Crippen LogP) is 3.00. The third-order valence-corrected chi connectivity index (χ3v) is 1.91. The fourth-order valence-corrected chi connectivity index (χ4v) is 1.26. The van der Waals surface area contributed by atoms with Crippen LogP contribution in [0.25, 0.3) is 0 Å². The molecule has 0 bridgehead atoms. The molecular formula is C9H12ClN. The molecule has 0 aliphatic heterocycles. The van der Waals surface area contributed by atoms with Crippen molar-refractivity contribution in [1.82, 2.24) is 4.98 Å². The van der Waals surface area contributed by atoms with E-state index in [1.54, 1.807) is 6.20 Å².